The topological polar surface area (TPSA) is 15.3 Å². The molecule has 1 unspecified atom stereocenters. The number of rotatable bonds is 1. The van der Waals surface area contributed by atoms with Crippen LogP contribution in [-0.2, 0) is 6.42 Å². The highest BCUT2D eigenvalue weighted by molar-refractivity contribution is 5.61. The van der Waals surface area contributed by atoms with E-state index in [0.717, 1.165) is 0 Å². The molecule has 1 aliphatic heterocycles. The molecule has 14 heavy (non-hydrogen) atoms. The van der Waals surface area contributed by atoms with Crippen molar-refractivity contribution in [2.45, 2.75) is 25.8 Å². The molecule has 0 aliphatic carbocycles. The Labute approximate surface area is 85.9 Å². The van der Waals surface area contributed by atoms with Gasteiger partial charge in [-0.2, -0.15) is 0 Å². The first kappa shape index (κ1) is 9.38. The molecule has 0 amide bonds. The Morgan fingerprint density at radius 3 is 2.86 bits per heavy atom. The maximum Gasteiger partial charge on any atom is 0.0376 e. The third kappa shape index (κ3) is 1.69. The van der Waals surface area contributed by atoms with Crippen LogP contribution in [0.15, 0.2) is 18.2 Å². The standard InChI is InChI=1S/C12H18N2/c1-9-4-5-10-8-11(14(2)3)6-7-12(10)13-9/h6-9,13H,4-5H2,1-3H3. The summed E-state index contributed by atoms with van der Waals surface area (Å²) in [7, 11) is 4.17. The molecule has 1 aromatic carbocycles. The molecule has 0 fully saturated rings. The van der Waals surface area contributed by atoms with Crippen molar-refractivity contribution in [1.82, 2.24) is 0 Å². The Bertz CT molecular complexity index is 331. The molecular formula is C12H18N2. The van der Waals surface area contributed by atoms with E-state index in [1.807, 2.05) is 0 Å². The predicted octanol–water partition coefficient (Wildman–Crippen LogP) is 2.50. The van der Waals surface area contributed by atoms with E-state index < -0.39 is 0 Å². The molecule has 0 bridgehead atoms. The van der Waals surface area contributed by atoms with E-state index in [0.29, 0.717) is 6.04 Å². The minimum absolute atomic E-state index is 0.618. The van der Waals surface area contributed by atoms with Gasteiger partial charge in [-0.25, -0.2) is 0 Å². The van der Waals surface area contributed by atoms with Crippen molar-refractivity contribution < 1.29 is 0 Å². The van der Waals surface area contributed by atoms with Crippen LogP contribution in [0.5, 0.6) is 0 Å². The van der Waals surface area contributed by atoms with Gasteiger partial charge in [0.1, 0.15) is 0 Å². The molecule has 1 aromatic rings. The highest BCUT2D eigenvalue weighted by atomic mass is 15.1. The molecule has 1 aliphatic rings. The maximum absolute atomic E-state index is 3.51. The van der Waals surface area contributed by atoms with Crippen molar-refractivity contribution in [3.05, 3.63) is 23.8 Å². The van der Waals surface area contributed by atoms with Crippen LogP contribution in [-0.4, -0.2) is 20.1 Å². The van der Waals surface area contributed by atoms with E-state index in [1.54, 1.807) is 0 Å². The van der Waals surface area contributed by atoms with Gasteiger partial charge >= 0.3 is 0 Å². The Morgan fingerprint density at radius 2 is 2.14 bits per heavy atom. The smallest absolute Gasteiger partial charge is 0.0376 e. The first-order valence-corrected chi connectivity index (χ1v) is 5.23. The molecule has 0 saturated heterocycles. The molecule has 1 heterocycles. The quantitative estimate of drug-likeness (QED) is 0.732. The van der Waals surface area contributed by atoms with Crippen LogP contribution >= 0.6 is 0 Å². The maximum atomic E-state index is 3.51. The lowest BCUT2D eigenvalue weighted by Crippen LogP contribution is -2.22. The first-order valence-electron chi connectivity index (χ1n) is 5.23. The summed E-state index contributed by atoms with van der Waals surface area (Å²) in [6.07, 6.45) is 2.44. The van der Waals surface area contributed by atoms with E-state index >= 15 is 0 Å². The second kappa shape index (κ2) is 3.52. The molecular weight excluding hydrogens is 172 g/mol. The van der Waals surface area contributed by atoms with Gasteiger partial charge in [-0.1, -0.05) is 0 Å². The van der Waals surface area contributed by atoms with Gasteiger partial charge in [0.05, 0.1) is 0 Å². The molecule has 76 valence electrons. The number of nitrogens with one attached hydrogen (secondary N) is 1. The molecule has 2 rings (SSSR count). The normalized spacial score (nSPS) is 19.8. The van der Waals surface area contributed by atoms with Gasteiger partial charge in [0, 0.05) is 31.5 Å². The van der Waals surface area contributed by atoms with Gasteiger partial charge in [0.15, 0.2) is 0 Å². The van der Waals surface area contributed by atoms with Gasteiger partial charge in [-0.3, -0.25) is 0 Å². The fourth-order valence-electron chi connectivity index (χ4n) is 1.92. The molecule has 1 atom stereocenters. The Morgan fingerprint density at radius 1 is 1.36 bits per heavy atom. The Kier molecular flexibility index (Phi) is 2.36. The zero-order chi connectivity index (χ0) is 10.1. The van der Waals surface area contributed by atoms with Gasteiger partial charge in [-0.05, 0) is 43.5 Å². The molecule has 1 N–H and O–H groups in total. The molecule has 0 radical (unpaired) electrons. The van der Waals surface area contributed by atoms with Crippen LogP contribution in [0.2, 0.25) is 0 Å². The van der Waals surface area contributed by atoms with Crippen molar-refractivity contribution in [2.24, 2.45) is 0 Å². The number of anilines is 2. The van der Waals surface area contributed by atoms with Crippen LogP contribution in [0.4, 0.5) is 11.4 Å². The third-order valence-corrected chi connectivity index (χ3v) is 2.85. The lowest BCUT2D eigenvalue weighted by molar-refractivity contribution is 0.681. The molecule has 0 aromatic heterocycles. The number of aryl methyl sites for hydroxylation is 1. The number of fused-ring (bicyclic) bond motifs is 1. The monoisotopic (exact) mass is 190 g/mol. The largest absolute Gasteiger partial charge is 0.382 e. The van der Waals surface area contributed by atoms with Gasteiger partial charge in [0.25, 0.3) is 0 Å². The van der Waals surface area contributed by atoms with E-state index in [4.69, 9.17) is 0 Å². The van der Waals surface area contributed by atoms with Gasteiger partial charge in [0.2, 0.25) is 0 Å². The zero-order valence-electron chi connectivity index (χ0n) is 9.17. The average Bonchev–Trinajstić information content (AvgIpc) is 2.16. The fourth-order valence-corrected chi connectivity index (χ4v) is 1.92. The van der Waals surface area contributed by atoms with Gasteiger partial charge in [-0.15, -0.1) is 0 Å². The van der Waals surface area contributed by atoms with Crippen LogP contribution in [0.25, 0.3) is 0 Å². The number of hydrogen-bond donors (Lipinski definition) is 1. The highest BCUT2D eigenvalue weighted by Crippen LogP contribution is 2.28. The van der Waals surface area contributed by atoms with Crippen molar-refractivity contribution in [2.75, 3.05) is 24.3 Å². The first-order chi connectivity index (χ1) is 6.66. The van der Waals surface area contributed by atoms with Crippen LogP contribution in [0.1, 0.15) is 18.9 Å². The van der Waals surface area contributed by atoms with E-state index in [9.17, 15) is 0 Å². The van der Waals surface area contributed by atoms with E-state index in [-0.39, 0.29) is 0 Å². The Balaban J connectivity index is 2.31. The molecule has 2 heteroatoms. The Hall–Kier alpha value is -1.18. The lowest BCUT2D eigenvalue weighted by atomic mass is 9.98. The van der Waals surface area contributed by atoms with Crippen LogP contribution in [0.3, 0.4) is 0 Å². The predicted molar refractivity (Wildman–Crippen MR) is 62.2 cm³/mol. The SMILES string of the molecule is CC1CCc2cc(N(C)C)ccc2N1. The second-order valence-electron chi connectivity index (χ2n) is 4.32. The van der Waals surface area contributed by atoms with E-state index in [2.05, 4.69) is 49.4 Å². The number of hydrogen-bond acceptors (Lipinski definition) is 2. The summed E-state index contributed by atoms with van der Waals surface area (Å²) in [4.78, 5) is 2.15. The second-order valence-corrected chi connectivity index (χ2v) is 4.32. The molecule has 0 saturated carbocycles. The summed E-state index contributed by atoms with van der Waals surface area (Å²) in [6.45, 7) is 2.24. The minimum atomic E-state index is 0.618. The summed E-state index contributed by atoms with van der Waals surface area (Å²) in [5.41, 5.74) is 4.06. The van der Waals surface area contributed by atoms with Gasteiger partial charge < -0.3 is 10.2 Å². The molecule has 0 spiro atoms. The number of benzene rings is 1. The summed E-state index contributed by atoms with van der Waals surface area (Å²) >= 11 is 0. The van der Waals surface area contributed by atoms with Crippen LogP contribution in [0, 0.1) is 0 Å². The van der Waals surface area contributed by atoms with Crippen molar-refractivity contribution in [1.29, 1.82) is 0 Å². The van der Waals surface area contributed by atoms with Crippen molar-refractivity contribution >= 4 is 11.4 Å². The third-order valence-electron chi connectivity index (χ3n) is 2.85. The summed E-state index contributed by atoms with van der Waals surface area (Å²) in [5, 5.41) is 3.51. The zero-order valence-corrected chi connectivity index (χ0v) is 9.17. The summed E-state index contributed by atoms with van der Waals surface area (Å²) in [5.74, 6) is 0. The summed E-state index contributed by atoms with van der Waals surface area (Å²) < 4.78 is 0. The highest BCUT2D eigenvalue weighted by Gasteiger charge is 2.14. The van der Waals surface area contributed by atoms with Crippen LogP contribution < -0.4 is 10.2 Å². The fraction of sp³-hybridized carbons (Fsp3) is 0.500. The minimum Gasteiger partial charge on any atom is -0.382 e. The molecule has 2 nitrogen and oxygen atoms in total. The lowest BCUT2D eigenvalue weighted by Gasteiger charge is -2.25. The average molecular weight is 190 g/mol. The van der Waals surface area contributed by atoms with Crippen molar-refractivity contribution in [3.8, 4) is 0 Å². The number of nitrogens with zero attached hydrogens (tertiary/aromatic N) is 1. The van der Waals surface area contributed by atoms with Crippen molar-refractivity contribution in [3.63, 3.8) is 0 Å². The van der Waals surface area contributed by atoms with E-state index in [1.165, 1.54) is 29.8 Å². The summed E-state index contributed by atoms with van der Waals surface area (Å²) in [6, 6.07) is 7.27.